The van der Waals surface area contributed by atoms with Crippen molar-refractivity contribution in [3.63, 3.8) is 0 Å². The summed E-state index contributed by atoms with van der Waals surface area (Å²) in [4.78, 5) is 8.31. The van der Waals surface area contributed by atoms with E-state index in [9.17, 15) is 0 Å². The van der Waals surface area contributed by atoms with Gasteiger partial charge in [-0.15, -0.1) is 0 Å². The van der Waals surface area contributed by atoms with Gasteiger partial charge in [0, 0.05) is 11.9 Å². The van der Waals surface area contributed by atoms with Crippen LogP contribution in [0, 0.1) is 5.92 Å². The molecule has 0 N–H and O–H groups in total. The van der Waals surface area contributed by atoms with Crippen LogP contribution in [-0.4, -0.2) is 15.1 Å². The minimum atomic E-state index is 0.513. The van der Waals surface area contributed by atoms with Gasteiger partial charge in [0.05, 0.1) is 5.56 Å². The molecule has 0 atom stereocenters. The summed E-state index contributed by atoms with van der Waals surface area (Å²) >= 11 is 0. The van der Waals surface area contributed by atoms with Crippen LogP contribution in [-0.2, 0) is 6.42 Å². The Balaban J connectivity index is 2.17. The van der Waals surface area contributed by atoms with Crippen molar-refractivity contribution in [1.82, 2.24) is 15.1 Å². The van der Waals surface area contributed by atoms with E-state index >= 15 is 0 Å². The first-order valence-electron chi connectivity index (χ1n) is 4.97. The van der Waals surface area contributed by atoms with Crippen LogP contribution in [0.3, 0.4) is 0 Å². The lowest BCUT2D eigenvalue weighted by molar-refractivity contribution is 0.430. The fourth-order valence-electron chi connectivity index (χ4n) is 1.39. The maximum Gasteiger partial charge on any atom is 0.259 e. The van der Waals surface area contributed by atoms with Gasteiger partial charge in [-0.25, -0.2) is 0 Å². The molecular weight excluding hydrogens is 190 g/mol. The molecule has 4 heteroatoms. The Hall–Kier alpha value is -1.71. The van der Waals surface area contributed by atoms with Gasteiger partial charge >= 0.3 is 0 Å². The van der Waals surface area contributed by atoms with Gasteiger partial charge < -0.3 is 4.52 Å². The van der Waals surface area contributed by atoms with Crippen LogP contribution >= 0.6 is 0 Å². The molecule has 0 fully saturated rings. The lowest BCUT2D eigenvalue weighted by Gasteiger charge is -2.03. The number of hydrogen-bond acceptors (Lipinski definition) is 4. The Labute approximate surface area is 88.4 Å². The number of nitrogens with zero attached hydrogens (tertiary/aromatic N) is 3. The van der Waals surface area contributed by atoms with Gasteiger partial charge in [-0.1, -0.05) is 19.0 Å². The Morgan fingerprint density at radius 1 is 1.27 bits per heavy atom. The molecule has 0 aliphatic rings. The van der Waals surface area contributed by atoms with Gasteiger partial charge in [-0.3, -0.25) is 4.98 Å². The molecule has 0 aliphatic heterocycles. The molecule has 2 aromatic rings. The molecule has 0 amide bonds. The first-order valence-corrected chi connectivity index (χ1v) is 4.97. The number of aromatic nitrogens is 3. The summed E-state index contributed by atoms with van der Waals surface area (Å²) in [5, 5.41) is 3.56. The molecule has 0 radical (unpaired) electrons. The van der Waals surface area contributed by atoms with Crippen LogP contribution in [0.25, 0.3) is 11.5 Å². The topological polar surface area (TPSA) is 51.8 Å². The van der Waals surface area contributed by atoms with Crippen molar-refractivity contribution in [3.05, 3.63) is 30.4 Å². The van der Waals surface area contributed by atoms with Gasteiger partial charge in [0.15, 0.2) is 6.33 Å². The van der Waals surface area contributed by atoms with Crippen LogP contribution in [0.4, 0.5) is 0 Å². The van der Waals surface area contributed by atoms with Crippen LogP contribution in [0.2, 0.25) is 0 Å². The molecule has 0 unspecified atom stereocenters. The summed E-state index contributed by atoms with van der Waals surface area (Å²) in [6.45, 7) is 4.35. The van der Waals surface area contributed by atoms with E-state index in [0.717, 1.165) is 17.7 Å². The van der Waals surface area contributed by atoms with Crippen molar-refractivity contribution >= 4 is 0 Å². The highest BCUT2D eigenvalue weighted by molar-refractivity contribution is 5.50. The predicted octanol–water partition coefficient (Wildman–Crippen LogP) is 2.33. The van der Waals surface area contributed by atoms with Crippen molar-refractivity contribution in [3.8, 4) is 11.5 Å². The highest BCUT2D eigenvalue weighted by Gasteiger charge is 2.04. The molecule has 2 heterocycles. The van der Waals surface area contributed by atoms with Crippen LogP contribution in [0.15, 0.2) is 29.2 Å². The maximum atomic E-state index is 4.94. The monoisotopic (exact) mass is 203 g/mol. The molecule has 0 saturated carbocycles. The van der Waals surface area contributed by atoms with Crippen LogP contribution in [0.1, 0.15) is 19.5 Å². The average molecular weight is 203 g/mol. The third kappa shape index (κ3) is 2.40. The van der Waals surface area contributed by atoms with Crippen LogP contribution in [0.5, 0.6) is 0 Å². The zero-order chi connectivity index (χ0) is 10.7. The van der Waals surface area contributed by atoms with Gasteiger partial charge in [0.25, 0.3) is 5.89 Å². The summed E-state index contributed by atoms with van der Waals surface area (Å²) in [6.07, 6.45) is 4.15. The third-order valence-corrected chi connectivity index (χ3v) is 2.05. The molecule has 0 aliphatic carbocycles. The number of pyridine rings is 1. The molecule has 0 bridgehead atoms. The Kier molecular flexibility index (Phi) is 2.76. The van der Waals surface area contributed by atoms with Gasteiger partial charge in [-0.2, -0.15) is 4.98 Å². The van der Waals surface area contributed by atoms with E-state index in [-0.39, 0.29) is 0 Å². The third-order valence-electron chi connectivity index (χ3n) is 2.05. The van der Waals surface area contributed by atoms with Crippen molar-refractivity contribution in [2.24, 2.45) is 5.92 Å². The minimum absolute atomic E-state index is 0.513. The number of rotatable bonds is 3. The van der Waals surface area contributed by atoms with E-state index in [1.165, 1.54) is 6.33 Å². The largest absolute Gasteiger partial charge is 0.334 e. The summed E-state index contributed by atoms with van der Waals surface area (Å²) in [5.41, 5.74) is 1.95. The molecule has 2 rings (SSSR count). The smallest absolute Gasteiger partial charge is 0.259 e. The fraction of sp³-hybridized carbons (Fsp3) is 0.364. The Morgan fingerprint density at radius 3 is 2.67 bits per heavy atom. The van der Waals surface area contributed by atoms with E-state index in [1.54, 1.807) is 6.20 Å². The standard InChI is InChI=1S/C11H13N3O/c1-8(2)5-10-4-3-9(6-12-10)11-13-7-14-15-11/h3-4,6-8H,5H2,1-2H3. The van der Waals surface area contributed by atoms with Gasteiger partial charge in [0.1, 0.15) is 0 Å². The Bertz CT molecular complexity index is 406. The second-order valence-electron chi connectivity index (χ2n) is 3.88. The second kappa shape index (κ2) is 4.21. The lowest BCUT2D eigenvalue weighted by atomic mass is 10.1. The van der Waals surface area contributed by atoms with E-state index in [1.807, 2.05) is 12.1 Å². The van der Waals surface area contributed by atoms with Crippen molar-refractivity contribution < 1.29 is 4.52 Å². The molecule has 0 aromatic carbocycles. The molecule has 2 aromatic heterocycles. The highest BCUT2D eigenvalue weighted by atomic mass is 16.5. The Morgan fingerprint density at radius 2 is 2.13 bits per heavy atom. The summed E-state index contributed by atoms with van der Waals surface area (Å²) < 4.78 is 4.94. The summed E-state index contributed by atoms with van der Waals surface area (Å²) in [7, 11) is 0. The van der Waals surface area contributed by atoms with Crippen molar-refractivity contribution in [2.75, 3.05) is 0 Å². The first kappa shape index (κ1) is 9.83. The second-order valence-corrected chi connectivity index (χ2v) is 3.88. The summed E-state index contributed by atoms with van der Waals surface area (Å²) in [5.74, 6) is 1.13. The van der Waals surface area contributed by atoms with Gasteiger partial charge in [0.2, 0.25) is 0 Å². The molecule has 15 heavy (non-hydrogen) atoms. The molecular formula is C11H13N3O. The van der Waals surface area contributed by atoms with Crippen LogP contribution < -0.4 is 0 Å². The molecule has 0 saturated heterocycles. The quantitative estimate of drug-likeness (QED) is 0.768. The first-order chi connectivity index (χ1) is 7.25. The van der Waals surface area contributed by atoms with E-state index in [2.05, 4.69) is 29.0 Å². The predicted molar refractivity (Wildman–Crippen MR) is 56.1 cm³/mol. The van der Waals surface area contributed by atoms with Gasteiger partial charge in [-0.05, 0) is 24.5 Å². The number of hydrogen-bond donors (Lipinski definition) is 0. The zero-order valence-electron chi connectivity index (χ0n) is 8.84. The van der Waals surface area contributed by atoms with E-state index in [4.69, 9.17) is 4.52 Å². The molecule has 78 valence electrons. The SMILES string of the molecule is CC(C)Cc1ccc(-c2ncno2)cn1. The van der Waals surface area contributed by atoms with E-state index in [0.29, 0.717) is 11.8 Å². The summed E-state index contributed by atoms with van der Waals surface area (Å²) in [6, 6.07) is 3.96. The molecule has 0 spiro atoms. The zero-order valence-corrected chi connectivity index (χ0v) is 8.84. The van der Waals surface area contributed by atoms with Crippen molar-refractivity contribution in [2.45, 2.75) is 20.3 Å². The minimum Gasteiger partial charge on any atom is -0.334 e. The normalized spacial score (nSPS) is 10.9. The maximum absolute atomic E-state index is 4.94. The highest BCUT2D eigenvalue weighted by Crippen LogP contribution is 2.15. The molecule has 4 nitrogen and oxygen atoms in total. The van der Waals surface area contributed by atoms with E-state index < -0.39 is 0 Å². The fourth-order valence-corrected chi connectivity index (χ4v) is 1.39. The van der Waals surface area contributed by atoms with Crippen molar-refractivity contribution in [1.29, 1.82) is 0 Å². The lowest BCUT2D eigenvalue weighted by Crippen LogP contribution is -1.96. The average Bonchev–Trinajstić information content (AvgIpc) is 2.71.